The standard InChI is InChI=1S/C17H20N2O/c1-12(2)14-5-7-15(8-6-14)16-10-11-18-17(19-16)9-4-13(3)20/h5-8,10-12H,4,9H2,1-3H3. The Labute approximate surface area is 120 Å². The molecule has 0 N–H and O–H groups in total. The van der Waals surface area contributed by atoms with E-state index in [0.717, 1.165) is 17.1 Å². The third-order valence-corrected chi connectivity index (χ3v) is 3.28. The number of rotatable bonds is 5. The number of nitrogens with zero attached hydrogens (tertiary/aromatic N) is 2. The Balaban J connectivity index is 2.19. The molecule has 104 valence electrons. The number of hydrogen-bond donors (Lipinski definition) is 0. The zero-order valence-corrected chi connectivity index (χ0v) is 12.3. The van der Waals surface area contributed by atoms with Gasteiger partial charge in [-0.3, -0.25) is 0 Å². The van der Waals surface area contributed by atoms with Crippen LogP contribution in [-0.4, -0.2) is 15.8 Å². The molecule has 0 saturated carbocycles. The second kappa shape index (κ2) is 6.42. The Morgan fingerprint density at radius 3 is 2.45 bits per heavy atom. The molecule has 0 aliphatic rings. The van der Waals surface area contributed by atoms with Gasteiger partial charge in [-0.2, -0.15) is 0 Å². The van der Waals surface area contributed by atoms with Crippen molar-refractivity contribution in [2.45, 2.75) is 39.5 Å². The monoisotopic (exact) mass is 268 g/mol. The lowest BCUT2D eigenvalue weighted by Crippen LogP contribution is -2.00. The molecule has 0 amide bonds. The predicted molar refractivity (Wildman–Crippen MR) is 80.6 cm³/mol. The lowest BCUT2D eigenvalue weighted by Gasteiger charge is -2.07. The number of Topliss-reactive ketones (excluding diaryl/α,β-unsaturated/α-hetero) is 1. The van der Waals surface area contributed by atoms with Gasteiger partial charge in [0.1, 0.15) is 11.6 Å². The number of hydrogen-bond acceptors (Lipinski definition) is 3. The van der Waals surface area contributed by atoms with Crippen molar-refractivity contribution >= 4 is 5.78 Å². The number of aryl methyl sites for hydroxylation is 1. The maximum Gasteiger partial charge on any atom is 0.130 e. The lowest BCUT2D eigenvalue weighted by molar-refractivity contribution is -0.117. The van der Waals surface area contributed by atoms with E-state index in [1.807, 2.05) is 6.07 Å². The Bertz CT molecular complexity index is 588. The molecule has 0 aliphatic heterocycles. The van der Waals surface area contributed by atoms with E-state index in [1.54, 1.807) is 13.1 Å². The van der Waals surface area contributed by atoms with Crippen LogP contribution in [0.2, 0.25) is 0 Å². The van der Waals surface area contributed by atoms with Gasteiger partial charge in [0, 0.05) is 24.6 Å². The molecule has 0 spiro atoms. The number of aromatic nitrogens is 2. The van der Waals surface area contributed by atoms with Crippen LogP contribution in [-0.2, 0) is 11.2 Å². The maximum absolute atomic E-state index is 11.0. The molecule has 2 aromatic rings. The third-order valence-electron chi connectivity index (χ3n) is 3.28. The first-order valence-corrected chi connectivity index (χ1v) is 6.98. The number of benzene rings is 1. The summed E-state index contributed by atoms with van der Waals surface area (Å²) in [5.74, 6) is 1.42. The Kier molecular flexibility index (Phi) is 4.61. The third kappa shape index (κ3) is 3.73. The van der Waals surface area contributed by atoms with Crippen LogP contribution in [0.25, 0.3) is 11.3 Å². The molecule has 20 heavy (non-hydrogen) atoms. The molecule has 0 bridgehead atoms. The topological polar surface area (TPSA) is 42.9 Å². The normalized spacial score (nSPS) is 10.8. The molecular formula is C17H20N2O. The first kappa shape index (κ1) is 14.4. The van der Waals surface area contributed by atoms with Gasteiger partial charge in [-0.05, 0) is 24.5 Å². The second-order valence-corrected chi connectivity index (χ2v) is 5.34. The van der Waals surface area contributed by atoms with E-state index in [9.17, 15) is 4.79 Å². The smallest absolute Gasteiger partial charge is 0.130 e. The molecule has 3 nitrogen and oxygen atoms in total. The van der Waals surface area contributed by atoms with Crippen LogP contribution in [0.4, 0.5) is 0 Å². The summed E-state index contributed by atoms with van der Waals surface area (Å²) in [6, 6.07) is 10.4. The van der Waals surface area contributed by atoms with E-state index >= 15 is 0 Å². The molecule has 0 saturated heterocycles. The van der Waals surface area contributed by atoms with Crippen molar-refractivity contribution in [2.24, 2.45) is 0 Å². The lowest BCUT2D eigenvalue weighted by atomic mass is 10.0. The summed E-state index contributed by atoms with van der Waals surface area (Å²) < 4.78 is 0. The van der Waals surface area contributed by atoms with Gasteiger partial charge in [0.15, 0.2) is 0 Å². The number of carbonyl (C=O) groups excluding carboxylic acids is 1. The summed E-state index contributed by atoms with van der Waals surface area (Å²) in [4.78, 5) is 19.8. The molecular weight excluding hydrogens is 248 g/mol. The van der Waals surface area contributed by atoms with Crippen molar-refractivity contribution in [2.75, 3.05) is 0 Å². The van der Waals surface area contributed by atoms with Crippen molar-refractivity contribution in [3.05, 3.63) is 47.9 Å². The van der Waals surface area contributed by atoms with E-state index < -0.39 is 0 Å². The molecule has 1 aromatic heterocycles. The van der Waals surface area contributed by atoms with Gasteiger partial charge >= 0.3 is 0 Å². The Morgan fingerprint density at radius 2 is 1.85 bits per heavy atom. The molecule has 1 aromatic carbocycles. The van der Waals surface area contributed by atoms with Gasteiger partial charge in [0.2, 0.25) is 0 Å². The minimum Gasteiger partial charge on any atom is -0.300 e. The second-order valence-electron chi connectivity index (χ2n) is 5.34. The Hall–Kier alpha value is -2.03. The van der Waals surface area contributed by atoms with Crippen molar-refractivity contribution in [1.29, 1.82) is 0 Å². The average molecular weight is 268 g/mol. The SMILES string of the molecule is CC(=O)CCc1nccc(-c2ccc(C(C)C)cc2)n1. The van der Waals surface area contributed by atoms with E-state index in [0.29, 0.717) is 18.8 Å². The summed E-state index contributed by atoms with van der Waals surface area (Å²) in [6.07, 6.45) is 2.86. The highest BCUT2D eigenvalue weighted by atomic mass is 16.1. The van der Waals surface area contributed by atoms with Gasteiger partial charge in [-0.25, -0.2) is 9.97 Å². The van der Waals surface area contributed by atoms with Crippen LogP contribution in [0.15, 0.2) is 36.5 Å². The minimum atomic E-state index is 0.167. The average Bonchev–Trinajstić information content (AvgIpc) is 2.45. The molecule has 3 heteroatoms. The molecule has 0 fully saturated rings. The number of ketones is 1. The summed E-state index contributed by atoms with van der Waals surface area (Å²) in [5.41, 5.74) is 3.31. The van der Waals surface area contributed by atoms with E-state index in [2.05, 4.69) is 48.1 Å². The van der Waals surface area contributed by atoms with Gasteiger partial charge in [-0.1, -0.05) is 38.1 Å². The van der Waals surface area contributed by atoms with Crippen molar-refractivity contribution in [1.82, 2.24) is 9.97 Å². The molecule has 0 radical (unpaired) electrons. The Morgan fingerprint density at radius 1 is 1.15 bits per heavy atom. The molecule has 0 atom stereocenters. The van der Waals surface area contributed by atoms with Gasteiger partial charge in [0.05, 0.1) is 5.69 Å². The zero-order valence-electron chi connectivity index (χ0n) is 12.3. The van der Waals surface area contributed by atoms with Crippen LogP contribution in [0, 0.1) is 0 Å². The zero-order chi connectivity index (χ0) is 14.5. The molecule has 1 heterocycles. The van der Waals surface area contributed by atoms with Crippen LogP contribution < -0.4 is 0 Å². The van der Waals surface area contributed by atoms with E-state index in [1.165, 1.54) is 5.56 Å². The summed E-state index contributed by atoms with van der Waals surface area (Å²) in [5, 5.41) is 0. The van der Waals surface area contributed by atoms with Crippen molar-refractivity contribution in [3.8, 4) is 11.3 Å². The largest absolute Gasteiger partial charge is 0.300 e. The first-order chi connectivity index (χ1) is 9.56. The maximum atomic E-state index is 11.0. The summed E-state index contributed by atoms with van der Waals surface area (Å²) in [6.45, 7) is 5.95. The summed E-state index contributed by atoms with van der Waals surface area (Å²) >= 11 is 0. The predicted octanol–water partition coefficient (Wildman–Crippen LogP) is 3.79. The van der Waals surface area contributed by atoms with Crippen molar-refractivity contribution in [3.63, 3.8) is 0 Å². The van der Waals surface area contributed by atoms with E-state index in [-0.39, 0.29) is 5.78 Å². The molecule has 0 aliphatic carbocycles. The quantitative estimate of drug-likeness (QED) is 0.828. The molecule has 2 rings (SSSR count). The number of carbonyl (C=O) groups is 1. The van der Waals surface area contributed by atoms with Crippen LogP contribution in [0.5, 0.6) is 0 Å². The molecule has 0 unspecified atom stereocenters. The highest BCUT2D eigenvalue weighted by molar-refractivity contribution is 5.75. The van der Waals surface area contributed by atoms with Crippen LogP contribution in [0.3, 0.4) is 0 Å². The van der Waals surface area contributed by atoms with Crippen molar-refractivity contribution < 1.29 is 4.79 Å². The van der Waals surface area contributed by atoms with Gasteiger partial charge < -0.3 is 4.79 Å². The first-order valence-electron chi connectivity index (χ1n) is 6.98. The minimum absolute atomic E-state index is 0.167. The highest BCUT2D eigenvalue weighted by Crippen LogP contribution is 2.21. The fourth-order valence-corrected chi connectivity index (χ4v) is 2.01. The van der Waals surface area contributed by atoms with Gasteiger partial charge in [0.25, 0.3) is 0 Å². The summed E-state index contributed by atoms with van der Waals surface area (Å²) in [7, 11) is 0. The van der Waals surface area contributed by atoms with Crippen LogP contribution >= 0.6 is 0 Å². The highest BCUT2D eigenvalue weighted by Gasteiger charge is 2.05. The fraction of sp³-hybridized carbons (Fsp3) is 0.353. The fourth-order valence-electron chi connectivity index (χ4n) is 2.01. The van der Waals surface area contributed by atoms with E-state index in [4.69, 9.17) is 0 Å². The van der Waals surface area contributed by atoms with Gasteiger partial charge in [-0.15, -0.1) is 0 Å². The van der Waals surface area contributed by atoms with Crippen LogP contribution in [0.1, 0.15) is 44.5 Å².